The average molecular weight is 755 g/mol. The standard InChI is InChI=1S/C46H75NO7/c1-6-8-10-12-14-15-16-17-18-19-20-21-22-23-24-25-26-27-28-29-31-32-34-36-44(48)53-41-42(40-52-39-38-43(46(50)51)47(3,4)5)54-45(49)37-35-33-30-13-11-9-7-2/h8,10,14-15,17-18,20-21,23-24,26-27,30,33,42-43H,6-7,9,11-13,16,19,22,25,28-29,31-32,34-41H2,1-5H3/p+1/b10-8+,15-14+,18-17+,21-20+,24-23+,27-26+,33-30+. The van der Waals surface area contributed by atoms with Crippen molar-refractivity contribution in [2.45, 2.75) is 148 Å². The molecule has 0 bridgehead atoms. The first kappa shape index (κ1) is 50.5. The van der Waals surface area contributed by atoms with Crippen molar-refractivity contribution in [2.75, 3.05) is 41.0 Å². The highest BCUT2D eigenvalue weighted by atomic mass is 16.6. The fourth-order valence-electron chi connectivity index (χ4n) is 5.34. The molecule has 2 atom stereocenters. The van der Waals surface area contributed by atoms with E-state index in [4.69, 9.17) is 14.2 Å². The topological polar surface area (TPSA) is 99.1 Å². The van der Waals surface area contributed by atoms with E-state index in [0.29, 0.717) is 19.3 Å². The van der Waals surface area contributed by atoms with Crippen molar-refractivity contribution in [3.63, 3.8) is 0 Å². The summed E-state index contributed by atoms with van der Waals surface area (Å²) < 4.78 is 17.1. The minimum Gasteiger partial charge on any atom is -0.477 e. The summed E-state index contributed by atoms with van der Waals surface area (Å²) in [7, 11) is 5.48. The van der Waals surface area contributed by atoms with Gasteiger partial charge in [0.25, 0.3) is 0 Å². The Hall–Kier alpha value is -3.49. The molecule has 0 fully saturated rings. The fraction of sp³-hybridized carbons (Fsp3) is 0.630. The highest BCUT2D eigenvalue weighted by Crippen LogP contribution is 2.11. The molecule has 306 valence electrons. The lowest BCUT2D eigenvalue weighted by Gasteiger charge is -2.31. The molecule has 0 saturated heterocycles. The van der Waals surface area contributed by atoms with Crippen LogP contribution in [0.4, 0.5) is 0 Å². The predicted molar refractivity (Wildman–Crippen MR) is 224 cm³/mol. The third kappa shape index (κ3) is 34.3. The van der Waals surface area contributed by atoms with Gasteiger partial charge in [0.1, 0.15) is 6.61 Å². The summed E-state index contributed by atoms with van der Waals surface area (Å²) in [6.07, 6.45) is 46.6. The fourth-order valence-corrected chi connectivity index (χ4v) is 5.34. The number of hydrogen-bond donors (Lipinski definition) is 1. The lowest BCUT2D eigenvalue weighted by atomic mass is 10.1. The number of rotatable bonds is 35. The molecule has 0 aromatic carbocycles. The van der Waals surface area contributed by atoms with Crippen molar-refractivity contribution in [3.8, 4) is 0 Å². The third-order valence-electron chi connectivity index (χ3n) is 8.54. The van der Waals surface area contributed by atoms with Crippen molar-refractivity contribution in [3.05, 3.63) is 85.1 Å². The molecular formula is C46H76NO7+. The molecule has 8 heteroatoms. The Balaban J connectivity index is 4.30. The molecule has 0 aliphatic rings. The summed E-state index contributed by atoms with van der Waals surface area (Å²) in [5.74, 6) is -1.59. The second-order valence-electron chi connectivity index (χ2n) is 14.5. The predicted octanol–water partition coefficient (Wildman–Crippen LogP) is 11.0. The lowest BCUT2D eigenvalue weighted by Crippen LogP contribution is -2.50. The summed E-state index contributed by atoms with van der Waals surface area (Å²) in [6, 6.07) is -0.626. The molecular weight excluding hydrogens is 679 g/mol. The molecule has 8 nitrogen and oxygen atoms in total. The molecule has 0 aromatic rings. The number of esters is 2. The van der Waals surface area contributed by atoms with Crippen molar-refractivity contribution >= 4 is 17.9 Å². The molecule has 2 unspecified atom stereocenters. The smallest absolute Gasteiger partial charge is 0.362 e. The van der Waals surface area contributed by atoms with Gasteiger partial charge in [0.15, 0.2) is 12.1 Å². The molecule has 0 radical (unpaired) electrons. The van der Waals surface area contributed by atoms with E-state index >= 15 is 0 Å². The Kier molecular flexibility index (Phi) is 34.1. The van der Waals surface area contributed by atoms with E-state index in [1.165, 1.54) is 12.8 Å². The van der Waals surface area contributed by atoms with Crippen LogP contribution < -0.4 is 0 Å². The number of ether oxygens (including phenoxy) is 3. The average Bonchev–Trinajstić information content (AvgIpc) is 3.12. The molecule has 0 aliphatic heterocycles. The van der Waals surface area contributed by atoms with Crippen molar-refractivity contribution < 1.29 is 38.2 Å². The number of carbonyl (C=O) groups is 3. The van der Waals surface area contributed by atoms with Gasteiger partial charge in [0, 0.05) is 19.3 Å². The van der Waals surface area contributed by atoms with Gasteiger partial charge in [-0.05, 0) is 77.0 Å². The second kappa shape index (κ2) is 36.5. The van der Waals surface area contributed by atoms with Gasteiger partial charge in [0.05, 0.1) is 34.4 Å². The number of carboxylic acids is 1. The van der Waals surface area contributed by atoms with Gasteiger partial charge in [-0.2, -0.15) is 0 Å². The first-order valence-corrected chi connectivity index (χ1v) is 20.6. The van der Waals surface area contributed by atoms with Gasteiger partial charge >= 0.3 is 17.9 Å². The van der Waals surface area contributed by atoms with Crippen LogP contribution in [-0.2, 0) is 28.6 Å². The quantitative estimate of drug-likeness (QED) is 0.0298. The maximum absolute atomic E-state index is 12.5. The summed E-state index contributed by atoms with van der Waals surface area (Å²) in [4.78, 5) is 36.7. The van der Waals surface area contributed by atoms with E-state index in [-0.39, 0.29) is 42.7 Å². The zero-order chi connectivity index (χ0) is 40.0. The van der Waals surface area contributed by atoms with E-state index in [1.54, 1.807) is 0 Å². The number of hydrogen-bond acceptors (Lipinski definition) is 6. The maximum Gasteiger partial charge on any atom is 0.362 e. The van der Waals surface area contributed by atoms with Crippen LogP contribution in [0.2, 0.25) is 0 Å². The number of unbranched alkanes of at least 4 members (excludes halogenated alkanes) is 7. The van der Waals surface area contributed by atoms with Gasteiger partial charge in [-0.25, -0.2) is 4.79 Å². The normalized spacial score (nSPS) is 13.9. The molecule has 0 aliphatic carbocycles. The number of aliphatic carboxylic acids is 1. The molecule has 0 heterocycles. The van der Waals surface area contributed by atoms with Crippen molar-refractivity contribution in [1.29, 1.82) is 0 Å². The zero-order valence-electron chi connectivity index (χ0n) is 34.6. The number of likely N-dealkylation sites (N-methyl/N-ethyl adjacent to an activating group) is 1. The Morgan fingerprint density at radius 3 is 1.61 bits per heavy atom. The molecule has 0 saturated carbocycles. The minimum atomic E-state index is -0.889. The van der Waals surface area contributed by atoms with Gasteiger partial charge in [-0.3, -0.25) is 9.59 Å². The van der Waals surface area contributed by atoms with Gasteiger partial charge in [-0.1, -0.05) is 125 Å². The van der Waals surface area contributed by atoms with Gasteiger partial charge < -0.3 is 23.8 Å². The summed E-state index contributed by atoms with van der Waals surface area (Å²) >= 11 is 0. The molecule has 1 N–H and O–H groups in total. The van der Waals surface area contributed by atoms with Crippen LogP contribution in [0.5, 0.6) is 0 Å². The Labute approximate surface area is 329 Å². The van der Waals surface area contributed by atoms with E-state index in [2.05, 4.69) is 92.8 Å². The number of quaternary nitrogens is 1. The molecule has 54 heavy (non-hydrogen) atoms. The summed E-state index contributed by atoms with van der Waals surface area (Å²) in [5, 5.41) is 9.57. The van der Waals surface area contributed by atoms with Crippen LogP contribution >= 0.6 is 0 Å². The SMILES string of the molecule is CC/C=C/C/C=C/C/C=C/C/C=C/C/C=C/C/C=C/CCCCCCC(=O)OCC(COCCC(C(=O)O)[N+](C)(C)C)OC(=O)CC/C=C/CCCCC. The molecule has 0 spiro atoms. The summed E-state index contributed by atoms with van der Waals surface area (Å²) in [6.45, 7) is 4.45. The van der Waals surface area contributed by atoms with Crippen molar-refractivity contribution in [2.24, 2.45) is 0 Å². The summed E-state index contributed by atoms with van der Waals surface area (Å²) in [5.41, 5.74) is 0. The number of nitrogens with zero attached hydrogens (tertiary/aromatic N) is 1. The Bertz CT molecular complexity index is 1160. The van der Waals surface area contributed by atoms with Crippen LogP contribution in [0.1, 0.15) is 136 Å². The number of allylic oxidation sites excluding steroid dienone is 14. The van der Waals surface area contributed by atoms with Gasteiger partial charge in [-0.15, -0.1) is 0 Å². The van der Waals surface area contributed by atoms with Crippen LogP contribution in [0.25, 0.3) is 0 Å². The van der Waals surface area contributed by atoms with E-state index in [0.717, 1.165) is 83.5 Å². The second-order valence-corrected chi connectivity index (χ2v) is 14.5. The first-order chi connectivity index (χ1) is 26.1. The maximum atomic E-state index is 12.5. The van der Waals surface area contributed by atoms with Crippen molar-refractivity contribution in [1.82, 2.24) is 0 Å². The van der Waals surface area contributed by atoms with Crippen LogP contribution in [0, 0.1) is 0 Å². The molecule has 0 aromatic heterocycles. The molecule has 0 amide bonds. The van der Waals surface area contributed by atoms with E-state index < -0.39 is 18.1 Å². The van der Waals surface area contributed by atoms with Crippen LogP contribution in [0.3, 0.4) is 0 Å². The highest BCUT2D eigenvalue weighted by molar-refractivity contribution is 5.72. The van der Waals surface area contributed by atoms with E-state index in [9.17, 15) is 19.5 Å². The number of carboxylic acid groups (broad SMARTS) is 1. The third-order valence-corrected chi connectivity index (χ3v) is 8.54. The van der Waals surface area contributed by atoms with Crippen LogP contribution in [-0.4, -0.2) is 80.6 Å². The van der Waals surface area contributed by atoms with Crippen LogP contribution in [0.15, 0.2) is 85.1 Å². The highest BCUT2D eigenvalue weighted by Gasteiger charge is 2.31. The lowest BCUT2D eigenvalue weighted by molar-refractivity contribution is -0.887. The van der Waals surface area contributed by atoms with E-state index in [1.807, 2.05) is 27.2 Å². The molecule has 0 rings (SSSR count). The zero-order valence-corrected chi connectivity index (χ0v) is 34.6. The van der Waals surface area contributed by atoms with Gasteiger partial charge in [0.2, 0.25) is 0 Å². The largest absolute Gasteiger partial charge is 0.477 e. The Morgan fingerprint density at radius 1 is 0.574 bits per heavy atom. The Morgan fingerprint density at radius 2 is 1.07 bits per heavy atom. The minimum absolute atomic E-state index is 0.0317. The first-order valence-electron chi connectivity index (χ1n) is 20.6. The monoisotopic (exact) mass is 755 g/mol. The number of carbonyl (C=O) groups excluding carboxylic acids is 2.